The van der Waals surface area contributed by atoms with Crippen molar-refractivity contribution >= 4 is 0 Å². The zero-order valence-corrected chi connectivity index (χ0v) is 9.37. The maximum atomic E-state index is 9.23. The van der Waals surface area contributed by atoms with E-state index in [0.29, 0.717) is 5.92 Å². The van der Waals surface area contributed by atoms with Crippen molar-refractivity contribution in [3.05, 3.63) is 0 Å². The summed E-state index contributed by atoms with van der Waals surface area (Å²) in [6, 6.07) is 0. The first-order valence-corrected chi connectivity index (χ1v) is 5.56. The van der Waals surface area contributed by atoms with E-state index >= 15 is 0 Å². The third-order valence-electron chi connectivity index (χ3n) is 3.21. The summed E-state index contributed by atoms with van der Waals surface area (Å²) in [6.07, 6.45) is 1.85. The average molecular weight is 201 g/mol. The highest BCUT2D eigenvalue weighted by molar-refractivity contribution is 4.85. The Bertz CT molecular complexity index is 157. The molecule has 0 amide bonds. The molecule has 1 fully saturated rings. The van der Waals surface area contributed by atoms with E-state index in [0.717, 1.165) is 32.5 Å². The van der Waals surface area contributed by atoms with Gasteiger partial charge in [0.1, 0.15) is 0 Å². The molecule has 1 aliphatic heterocycles. The molecule has 0 saturated carbocycles. The summed E-state index contributed by atoms with van der Waals surface area (Å²) in [6.45, 7) is 7.85. The Morgan fingerprint density at radius 1 is 1.14 bits per heavy atom. The van der Waals surface area contributed by atoms with Crippen LogP contribution in [-0.2, 0) is 0 Å². The van der Waals surface area contributed by atoms with Crippen molar-refractivity contribution in [2.75, 3.05) is 32.8 Å². The van der Waals surface area contributed by atoms with Gasteiger partial charge in [0.25, 0.3) is 0 Å². The molecule has 3 heteroatoms. The number of likely N-dealkylation sites (tertiary alicyclic amines) is 1. The normalized spacial score (nSPS) is 22.9. The second-order valence-electron chi connectivity index (χ2n) is 5.01. The summed E-state index contributed by atoms with van der Waals surface area (Å²) < 4.78 is 0. The van der Waals surface area contributed by atoms with Gasteiger partial charge in [0.2, 0.25) is 0 Å². The van der Waals surface area contributed by atoms with Gasteiger partial charge in [-0.25, -0.2) is 0 Å². The first-order chi connectivity index (χ1) is 6.62. The van der Waals surface area contributed by atoms with Gasteiger partial charge in [-0.15, -0.1) is 0 Å². The van der Waals surface area contributed by atoms with E-state index < -0.39 is 0 Å². The van der Waals surface area contributed by atoms with Crippen LogP contribution >= 0.6 is 0 Å². The fourth-order valence-corrected chi connectivity index (χ4v) is 2.09. The molecule has 1 rings (SSSR count). The Kier molecular flexibility index (Phi) is 4.35. The van der Waals surface area contributed by atoms with Crippen molar-refractivity contribution in [2.45, 2.75) is 26.7 Å². The zero-order valence-electron chi connectivity index (χ0n) is 9.37. The number of rotatable bonds is 4. The van der Waals surface area contributed by atoms with Crippen LogP contribution in [0.15, 0.2) is 0 Å². The zero-order chi connectivity index (χ0) is 10.6. The van der Waals surface area contributed by atoms with Crippen molar-refractivity contribution in [3.8, 4) is 0 Å². The van der Waals surface area contributed by atoms with E-state index in [1.807, 2.05) is 0 Å². The topological polar surface area (TPSA) is 43.7 Å². The van der Waals surface area contributed by atoms with E-state index in [4.69, 9.17) is 0 Å². The molecular formula is C11H23NO2. The van der Waals surface area contributed by atoms with E-state index in [9.17, 15) is 10.2 Å². The summed E-state index contributed by atoms with van der Waals surface area (Å²) >= 11 is 0. The number of nitrogens with zero attached hydrogens (tertiary/aromatic N) is 1. The average Bonchev–Trinajstić information content (AvgIpc) is 2.19. The minimum atomic E-state index is -0.201. The third-order valence-corrected chi connectivity index (χ3v) is 3.21. The molecule has 0 bridgehead atoms. The molecule has 0 unspecified atom stereocenters. The molecule has 1 heterocycles. The standard InChI is InChI=1S/C11H23NO2/c1-10(2)7-12-5-3-11(8-13,9-14)4-6-12/h10,13-14H,3-9H2,1-2H3. The van der Waals surface area contributed by atoms with Gasteiger partial charge in [-0.2, -0.15) is 0 Å². The van der Waals surface area contributed by atoms with E-state index in [1.54, 1.807) is 0 Å². The Labute approximate surface area is 86.7 Å². The van der Waals surface area contributed by atoms with Crippen molar-refractivity contribution in [1.29, 1.82) is 0 Å². The van der Waals surface area contributed by atoms with E-state index in [1.165, 1.54) is 0 Å². The molecule has 0 atom stereocenters. The summed E-state index contributed by atoms with van der Waals surface area (Å²) in [5.74, 6) is 0.700. The largest absolute Gasteiger partial charge is 0.396 e. The molecule has 0 spiro atoms. The van der Waals surface area contributed by atoms with Gasteiger partial charge in [0.05, 0.1) is 13.2 Å². The minimum Gasteiger partial charge on any atom is -0.396 e. The fraction of sp³-hybridized carbons (Fsp3) is 1.00. The fourth-order valence-electron chi connectivity index (χ4n) is 2.09. The molecule has 1 saturated heterocycles. The molecule has 0 aliphatic carbocycles. The first-order valence-electron chi connectivity index (χ1n) is 5.56. The first kappa shape index (κ1) is 12.0. The molecule has 1 aliphatic rings. The number of hydrogen-bond donors (Lipinski definition) is 2. The van der Waals surface area contributed by atoms with Crippen LogP contribution < -0.4 is 0 Å². The van der Waals surface area contributed by atoms with Crippen molar-refractivity contribution in [3.63, 3.8) is 0 Å². The summed E-state index contributed by atoms with van der Waals surface area (Å²) in [4.78, 5) is 2.42. The molecule has 84 valence electrons. The maximum absolute atomic E-state index is 9.23. The van der Waals surface area contributed by atoms with Crippen LogP contribution in [0.2, 0.25) is 0 Å². The van der Waals surface area contributed by atoms with Crippen molar-refractivity contribution < 1.29 is 10.2 Å². The van der Waals surface area contributed by atoms with E-state index in [-0.39, 0.29) is 18.6 Å². The van der Waals surface area contributed by atoms with Crippen molar-refractivity contribution in [2.24, 2.45) is 11.3 Å². The summed E-state index contributed by atoms with van der Waals surface area (Å²) in [5, 5.41) is 18.5. The smallest absolute Gasteiger partial charge is 0.0510 e. The highest BCUT2D eigenvalue weighted by Crippen LogP contribution is 2.30. The molecule has 0 aromatic rings. The molecule has 0 radical (unpaired) electrons. The molecular weight excluding hydrogens is 178 g/mol. The molecule has 0 aromatic heterocycles. The van der Waals surface area contributed by atoms with Crippen LogP contribution in [0.25, 0.3) is 0 Å². The Hall–Kier alpha value is -0.120. The Balaban J connectivity index is 2.37. The Morgan fingerprint density at radius 3 is 2.00 bits per heavy atom. The van der Waals surface area contributed by atoms with Crippen LogP contribution in [0.3, 0.4) is 0 Å². The maximum Gasteiger partial charge on any atom is 0.0510 e. The van der Waals surface area contributed by atoms with Crippen LogP contribution in [0.4, 0.5) is 0 Å². The molecule has 2 N–H and O–H groups in total. The van der Waals surface area contributed by atoms with Gasteiger partial charge in [0, 0.05) is 12.0 Å². The lowest BCUT2D eigenvalue weighted by Crippen LogP contribution is -2.45. The predicted molar refractivity (Wildman–Crippen MR) is 57.1 cm³/mol. The van der Waals surface area contributed by atoms with E-state index in [2.05, 4.69) is 18.7 Å². The van der Waals surface area contributed by atoms with Gasteiger partial charge >= 0.3 is 0 Å². The number of piperidine rings is 1. The lowest BCUT2D eigenvalue weighted by Gasteiger charge is -2.40. The molecule has 14 heavy (non-hydrogen) atoms. The van der Waals surface area contributed by atoms with Gasteiger partial charge in [0.15, 0.2) is 0 Å². The van der Waals surface area contributed by atoms with Gasteiger partial charge in [-0.3, -0.25) is 0 Å². The second-order valence-corrected chi connectivity index (χ2v) is 5.01. The summed E-state index contributed by atoms with van der Waals surface area (Å²) in [7, 11) is 0. The summed E-state index contributed by atoms with van der Waals surface area (Å²) in [5.41, 5.74) is -0.201. The molecule has 0 aromatic carbocycles. The third kappa shape index (κ3) is 2.94. The SMILES string of the molecule is CC(C)CN1CCC(CO)(CO)CC1. The number of aliphatic hydroxyl groups excluding tert-OH is 2. The van der Waals surface area contributed by atoms with Gasteiger partial charge in [-0.1, -0.05) is 13.8 Å². The number of hydrogen-bond acceptors (Lipinski definition) is 3. The highest BCUT2D eigenvalue weighted by Gasteiger charge is 2.33. The van der Waals surface area contributed by atoms with Crippen molar-refractivity contribution in [1.82, 2.24) is 4.90 Å². The monoisotopic (exact) mass is 201 g/mol. The van der Waals surface area contributed by atoms with Crippen LogP contribution in [0, 0.1) is 11.3 Å². The van der Waals surface area contributed by atoms with Gasteiger partial charge < -0.3 is 15.1 Å². The molecule has 3 nitrogen and oxygen atoms in total. The number of aliphatic hydroxyl groups is 2. The lowest BCUT2D eigenvalue weighted by molar-refractivity contribution is -0.00354. The quantitative estimate of drug-likeness (QED) is 0.704. The van der Waals surface area contributed by atoms with Crippen LogP contribution in [0.1, 0.15) is 26.7 Å². The predicted octanol–water partition coefficient (Wildman–Crippen LogP) is 0.709. The highest BCUT2D eigenvalue weighted by atomic mass is 16.3. The lowest BCUT2D eigenvalue weighted by atomic mass is 9.80. The minimum absolute atomic E-state index is 0.124. The van der Waals surface area contributed by atoms with Crippen LogP contribution in [-0.4, -0.2) is 48.0 Å². The van der Waals surface area contributed by atoms with Gasteiger partial charge in [-0.05, 0) is 31.8 Å². The van der Waals surface area contributed by atoms with Crippen LogP contribution in [0.5, 0.6) is 0 Å². The second kappa shape index (κ2) is 5.10. The Morgan fingerprint density at radius 2 is 1.64 bits per heavy atom.